The number of nitrogens with zero attached hydrogens (tertiary/aromatic N) is 2. The Morgan fingerprint density at radius 3 is 1.78 bits per heavy atom. The van der Waals surface area contributed by atoms with Crippen molar-refractivity contribution in [1.82, 2.24) is 0 Å². The summed E-state index contributed by atoms with van der Waals surface area (Å²) in [4.78, 5) is 4.91. The molecule has 0 saturated carbocycles. The van der Waals surface area contributed by atoms with Crippen LogP contribution < -0.4 is 9.80 Å². The summed E-state index contributed by atoms with van der Waals surface area (Å²) in [6, 6.07) is 67.1. The summed E-state index contributed by atoms with van der Waals surface area (Å²) in [6.07, 6.45) is 0. The average molecular weight is 741 g/mol. The molecule has 0 radical (unpaired) electrons. The Labute approximate surface area is 328 Å². The van der Waals surface area contributed by atoms with Gasteiger partial charge in [-0.3, -0.25) is 0 Å². The second-order valence-electron chi connectivity index (χ2n) is 14.9. The summed E-state index contributed by atoms with van der Waals surface area (Å²) >= 11 is 3.75. The number of benzene rings is 8. The lowest BCUT2D eigenvalue weighted by atomic mass is 9.73. The van der Waals surface area contributed by atoms with Gasteiger partial charge < -0.3 is 9.80 Å². The van der Waals surface area contributed by atoms with Crippen molar-refractivity contribution in [3.05, 3.63) is 193 Å². The first kappa shape index (κ1) is 32.2. The number of fused-ring (bicyclic) bond motifs is 8. The number of thiophene rings is 2. The minimum atomic E-state index is -0.119. The Morgan fingerprint density at radius 2 is 1.05 bits per heavy atom. The lowest BCUT2D eigenvalue weighted by molar-refractivity contribution is 0.632. The molecule has 0 saturated heterocycles. The molecule has 0 spiro atoms. The van der Waals surface area contributed by atoms with Crippen LogP contribution in [0, 0.1) is 0 Å². The highest BCUT2D eigenvalue weighted by atomic mass is 32.1. The summed E-state index contributed by atoms with van der Waals surface area (Å²) in [7, 11) is 0. The predicted molar refractivity (Wildman–Crippen MR) is 239 cm³/mol. The van der Waals surface area contributed by atoms with Gasteiger partial charge in [-0.05, 0) is 89.5 Å². The fraction of sp³-hybridized carbons (Fsp3) is 0.0588. The normalized spacial score (nSPS) is 13.4. The van der Waals surface area contributed by atoms with E-state index in [1.165, 1.54) is 85.3 Å². The van der Waals surface area contributed by atoms with Gasteiger partial charge in [-0.15, -0.1) is 22.7 Å². The van der Waals surface area contributed by atoms with E-state index in [1.807, 2.05) is 22.7 Å². The summed E-state index contributed by atoms with van der Waals surface area (Å²) in [5.41, 5.74) is 12.1. The molecule has 0 bridgehead atoms. The largest absolute Gasteiger partial charge is 0.310 e. The van der Waals surface area contributed by atoms with Gasteiger partial charge >= 0.3 is 0 Å². The molecule has 11 rings (SSSR count). The summed E-state index contributed by atoms with van der Waals surface area (Å²) in [5.74, 6) is 0. The van der Waals surface area contributed by atoms with Crippen molar-refractivity contribution >= 4 is 97.1 Å². The zero-order valence-electron chi connectivity index (χ0n) is 30.5. The maximum atomic E-state index is 2.49. The van der Waals surface area contributed by atoms with E-state index >= 15 is 0 Å². The fourth-order valence-corrected chi connectivity index (χ4v) is 11.2. The highest BCUT2D eigenvalue weighted by Crippen LogP contribution is 2.54. The van der Waals surface area contributed by atoms with Gasteiger partial charge in [0.05, 0.1) is 17.1 Å². The zero-order valence-corrected chi connectivity index (χ0v) is 32.2. The number of rotatable bonds is 5. The van der Waals surface area contributed by atoms with Crippen LogP contribution in [0.1, 0.15) is 25.0 Å². The lowest BCUT2D eigenvalue weighted by Crippen LogP contribution is -2.30. The monoisotopic (exact) mass is 740 g/mol. The van der Waals surface area contributed by atoms with Gasteiger partial charge in [0, 0.05) is 68.4 Å². The Morgan fingerprint density at radius 1 is 0.473 bits per heavy atom. The number of hydrogen-bond acceptors (Lipinski definition) is 4. The first-order chi connectivity index (χ1) is 27.0. The summed E-state index contributed by atoms with van der Waals surface area (Å²) in [5, 5.41) is 5.18. The van der Waals surface area contributed by atoms with Crippen molar-refractivity contribution in [2.24, 2.45) is 0 Å². The fourth-order valence-electron chi connectivity index (χ4n) is 8.84. The maximum absolute atomic E-state index is 2.49. The van der Waals surface area contributed by atoms with Crippen LogP contribution >= 0.6 is 22.7 Å². The molecular formula is C51H36N2S2. The third-order valence-corrected chi connectivity index (χ3v) is 13.8. The van der Waals surface area contributed by atoms with Crippen LogP contribution in [0.15, 0.2) is 182 Å². The Hall–Kier alpha value is -6.20. The van der Waals surface area contributed by atoms with E-state index in [0.717, 1.165) is 11.4 Å². The molecule has 3 heterocycles. The topological polar surface area (TPSA) is 6.48 Å². The van der Waals surface area contributed by atoms with Crippen molar-refractivity contribution in [3.63, 3.8) is 0 Å². The highest BCUT2D eigenvalue weighted by molar-refractivity contribution is 7.26. The molecule has 1 aliphatic rings. The molecule has 262 valence electrons. The van der Waals surface area contributed by atoms with Crippen molar-refractivity contribution in [3.8, 4) is 11.1 Å². The third kappa shape index (κ3) is 4.99. The molecule has 0 N–H and O–H groups in total. The minimum Gasteiger partial charge on any atom is -0.310 e. The molecular weight excluding hydrogens is 705 g/mol. The standard InChI is InChI=1S/C51H36N2S2/c1-51(2)41-19-8-10-21-43(41)53(44-22-11-9-20-42(44)51)36-31-39(50-40(32-36)37-17-6-12-24-46(37)55-50)33-27-29-35(30-28-33)52(34-15-4-3-5-16-34)45-23-14-26-48-49(45)38-18-7-13-25-47(38)54-48/h3-32H,1-2H3. The molecule has 8 aromatic carbocycles. The van der Waals surface area contributed by atoms with E-state index in [1.54, 1.807) is 0 Å². The van der Waals surface area contributed by atoms with E-state index in [0.29, 0.717) is 0 Å². The Bertz CT molecular complexity index is 3030. The molecule has 55 heavy (non-hydrogen) atoms. The molecule has 0 aliphatic carbocycles. The van der Waals surface area contributed by atoms with E-state index in [9.17, 15) is 0 Å². The van der Waals surface area contributed by atoms with Crippen LogP contribution in [0.5, 0.6) is 0 Å². The van der Waals surface area contributed by atoms with Gasteiger partial charge in [0.15, 0.2) is 0 Å². The van der Waals surface area contributed by atoms with Gasteiger partial charge in [0.2, 0.25) is 0 Å². The molecule has 0 amide bonds. The molecule has 10 aromatic rings. The zero-order chi connectivity index (χ0) is 36.7. The Balaban J connectivity index is 1.11. The van der Waals surface area contributed by atoms with Crippen molar-refractivity contribution in [2.75, 3.05) is 9.80 Å². The van der Waals surface area contributed by atoms with Crippen molar-refractivity contribution in [1.29, 1.82) is 0 Å². The molecule has 1 aliphatic heterocycles. The van der Waals surface area contributed by atoms with Crippen LogP contribution in [-0.4, -0.2) is 0 Å². The van der Waals surface area contributed by atoms with Gasteiger partial charge in [-0.2, -0.15) is 0 Å². The second kappa shape index (κ2) is 12.4. The van der Waals surface area contributed by atoms with Crippen molar-refractivity contribution < 1.29 is 0 Å². The van der Waals surface area contributed by atoms with E-state index in [-0.39, 0.29) is 5.41 Å². The SMILES string of the molecule is CC1(C)c2ccccc2N(c2cc(-c3ccc(N(c4ccccc4)c4cccc5sc6ccccc6c45)cc3)c3sc4ccccc4c3c2)c2ccccc21. The smallest absolute Gasteiger partial charge is 0.0554 e. The molecule has 0 fully saturated rings. The quantitative estimate of drug-likeness (QED) is 0.173. The lowest BCUT2D eigenvalue weighted by Gasteiger charge is -2.42. The van der Waals surface area contributed by atoms with Gasteiger partial charge in [0.25, 0.3) is 0 Å². The van der Waals surface area contributed by atoms with Gasteiger partial charge in [0.1, 0.15) is 0 Å². The maximum Gasteiger partial charge on any atom is 0.0554 e. The van der Waals surface area contributed by atoms with Crippen LogP contribution in [0.25, 0.3) is 51.5 Å². The molecule has 0 unspecified atom stereocenters. The first-order valence-electron chi connectivity index (χ1n) is 18.8. The van der Waals surface area contributed by atoms with Crippen molar-refractivity contribution in [2.45, 2.75) is 19.3 Å². The first-order valence-corrected chi connectivity index (χ1v) is 20.5. The highest BCUT2D eigenvalue weighted by Gasteiger charge is 2.36. The van der Waals surface area contributed by atoms with E-state index in [4.69, 9.17) is 0 Å². The molecule has 2 aromatic heterocycles. The minimum absolute atomic E-state index is 0.119. The van der Waals surface area contributed by atoms with Crippen LogP contribution in [-0.2, 0) is 5.41 Å². The van der Waals surface area contributed by atoms with E-state index in [2.05, 4.69) is 206 Å². The summed E-state index contributed by atoms with van der Waals surface area (Å²) in [6.45, 7) is 4.70. The Kier molecular flexibility index (Phi) is 7.28. The summed E-state index contributed by atoms with van der Waals surface area (Å²) < 4.78 is 5.22. The average Bonchev–Trinajstić information content (AvgIpc) is 3.81. The van der Waals surface area contributed by atoms with Gasteiger partial charge in [-0.1, -0.05) is 123 Å². The van der Waals surface area contributed by atoms with Crippen LogP contribution in [0.2, 0.25) is 0 Å². The predicted octanol–water partition coefficient (Wildman–Crippen LogP) is 15.7. The number of anilines is 6. The van der Waals surface area contributed by atoms with Gasteiger partial charge in [-0.25, -0.2) is 0 Å². The number of para-hydroxylation sites is 3. The third-order valence-electron chi connectivity index (χ3n) is 11.4. The molecule has 4 heteroatoms. The second-order valence-corrected chi connectivity index (χ2v) is 17.1. The number of hydrogen-bond donors (Lipinski definition) is 0. The van der Waals surface area contributed by atoms with Crippen LogP contribution in [0.3, 0.4) is 0 Å². The van der Waals surface area contributed by atoms with Crippen LogP contribution in [0.4, 0.5) is 34.1 Å². The van der Waals surface area contributed by atoms with E-state index < -0.39 is 0 Å². The molecule has 0 atom stereocenters. The molecule has 2 nitrogen and oxygen atoms in total.